The maximum Gasteiger partial charge on any atom is 0.328 e. The number of carboxylic acid groups (broad SMARTS) is 1. The molecule has 1 N–H and O–H groups in total. The Morgan fingerprint density at radius 2 is 2.35 bits per heavy atom. The Labute approximate surface area is 97.1 Å². The van der Waals surface area contributed by atoms with Gasteiger partial charge in [0.05, 0.1) is 12.3 Å². The van der Waals surface area contributed by atoms with E-state index < -0.39 is 5.97 Å². The third-order valence-corrected chi connectivity index (χ3v) is 2.41. The fourth-order valence-electron chi connectivity index (χ4n) is 1.72. The van der Waals surface area contributed by atoms with E-state index in [1.807, 2.05) is 0 Å². The van der Waals surface area contributed by atoms with Crippen LogP contribution in [0.1, 0.15) is 12.0 Å². The first kappa shape index (κ1) is 11.1. The topological polar surface area (TPSA) is 76.0 Å². The number of nitrogens with zero attached hydrogens (tertiary/aromatic N) is 1. The van der Waals surface area contributed by atoms with Crippen LogP contribution < -0.4 is 4.74 Å². The second-order valence-electron chi connectivity index (χ2n) is 3.49. The number of carbonyl (C=O) groups is 1. The summed E-state index contributed by atoms with van der Waals surface area (Å²) in [7, 11) is 0. The second kappa shape index (κ2) is 4.63. The average Bonchev–Trinajstić information content (AvgIpc) is 2.29. The van der Waals surface area contributed by atoms with Crippen molar-refractivity contribution in [3.8, 4) is 5.75 Å². The maximum absolute atomic E-state index is 10.7. The van der Waals surface area contributed by atoms with Gasteiger partial charge in [-0.25, -0.2) is 9.59 Å². The van der Waals surface area contributed by atoms with Crippen molar-refractivity contribution in [3.05, 3.63) is 29.8 Å². The molecule has 1 heterocycles. The quantitative estimate of drug-likeness (QED) is 0.479. The molecule has 5 nitrogen and oxygen atoms in total. The highest BCUT2D eigenvalue weighted by molar-refractivity contribution is 5.91. The number of hydrogen-bond acceptors (Lipinski definition) is 4. The number of aliphatic carboxylic acids is 1. The number of hydrogen-bond donors (Lipinski definition) is 1. The van der Waals surface area contributed by atoms with E-state index in [2.05, 4.69) is 4.99 Å². The number of benzene rings is 1. The molecule has 0 fully saturated rings. The molecule has 5 heteroatoms. The average molecular weight is 231 g/mol. The van der Waals surface area contributed by atoms with Gasteiger partial charge >= 0.3 is 5.97 Å². The van der Waals surface area contributed by atoms with Crippen molar-refractivity contribution in [1.29, 1.82) is 0 Å². The Bertz CT molecular complexity index is 541. The summed E-state index contributed by atoms with van der Waals surface area (Å²) < 4.78 is 5.40. The van der Waals surface area contributed by atoms with Crippen LogP contribution in [0, 0.1) is 0 Å². The summed E-state index contributed by atoms with van der Waals surface area (Å²) in [4.78, 5) is 24.3. The zero-order valence-corrected chi connectivity index (χ0v) is 8.84. The van der Waals surface area contributed by atoms with E-state index in [0.717, 1.165) is 5.56 Å². The van der Waals surface area contributed by atoms with Crippen LogP contribution in [-0.4, -0.2) is 23.8 Å². The van der Waals surface area contributed by atoms with Gasteiger partial charge in [0.2, 0.25) is 6.08 Å². The summed E-state index contributed by atoms with van der Waals surface area (Å²) in [6.07, 6.45) is 3.17. The summed E-state index contributed by atoms with van der Waals surface area (Å²) in [6.45, 7) is 0.417. The Kier molecular flexibility index (Phi) is 3.03. The summed E-state index contributed by atoms with van der Waals surface area (Å²) in [6, 6.07) is 4.91. The molecule has 0 unspecified atom stereocenters. The van der Waals surface area contributed by atoms with Crippen LogP contribution in [-0.2, 0) is 9.59 Å². The Morgan fingerprint density at radius 1 is 1.53 bits per heavy atom. The van der Waals surface area contributed by atoms with Crippen molar-refractivity contribution in [3.63, 3.8) is 0 Å². The summed E-state index contributed by atoms with van der Waals surface area (Å²) in [5.41, 5.74) is 1.87. The highest BCUT2D eigenvalue weighted by Gasteiger charge is 2.16. The van der Waals surface area contributed by atoms with E-state index in [-0.39, 0.29) is 0 Å². The summed E-state index contributed by atoms with van der Waals surface area (Å²) >= 11 is 0. The standard InChI is InChI=1S/C12H9NO4/c14-7-13-9-1-2-10-8(5-12(15)16)3-4-17-11(10)6-9/h1-2,5-6H,3-4H2,(H,15,16)/b8-5-. The van der Waals surface area contributed by atoms with Gasteiger partial charge in [-0.3, -0.25) is 0 Å². The molecule has 1 aromatic carbocycles. The van der Waals surface area contributed by atoms with Crippen LogP contribution in [0.25, 0.3) is 5.57 Å². The van der Waals surface area contributed by atoms with E-state index >= 15 is 0 Å². The van der Waals surface area contributed by atoms with E-state index in [1.165, 1.54) is 12.2 Å². The fourth-order valence-corrected chi connectivity index (χ4v) is 1.72. The molecular formula is C12H9NO4. The highest BCUT2D eigenvalue weighted by Crippen LogP contribution is 2.35. The molecule has 1 aliphatic heterocycles. The van der Waals surface area contributed by atoms with Crippen molar-refractivity contribution < 1.29 is 19.4 Å². The van der Waals surface area contributed by atoms with Crippen LogP contribution in [0.4, 0.5) is 5.69 Å². The molecule has 0 saturated carbocycles. The van der Waals surface area contributed by atoms with E-state index in [4.69, 9.17) is 9.84 Å². The van der Waals surface area contributed by atoms with Crippen LogP contribution in [0.2, 0.25) is 0 Å². The SMILES string of the molecule is O=C=Nc1ccc2c(c1)OCC/C2=C/C(=O)O. The number of isocyanates is 1. The van der Waals surface area contributed by atoms with E-state index in [1.54, 1.807) is 18.2 Å². The fraction of sp³-hybridized carbons (Fsp3) is 0.167. The van der Waals surface area contributed by atoms with Gasteiger partial charge in [-0.05, 0) is 17.7 Å². The van der Waals surface area contributed by atoms with Gasteiger partial charge in [-0.15, -0.1) is 0 Å². The lowest BCUT2D eigenvalue weighted by atomic mass is 9.99. The lowest BCUT2D eigenvalue weighted by molar-refractivity contribution is -0.131. The normalized spacial score (nSPS) is 15.6. The number of carbonyl (C=O) groups excluding carboxylic acids is 1. The van der Waals surface area contributed by atoms with Crippen LogP contribution >= 0.6 is 0 Å². The maximum atomic E-state index is 10.7. The predicted octanol–water partition coefficient (Wildman–Crippen LogP) is 1.90. The van der Waals surface area contributed by atoms with Gasteiger partial charge < -0.3 is 9.84 Å². The number of ether oxygens (including phenoxy) is 1. The van der Waals surface area contributed by atoms with E-state index in [9.17, 15) is 9.59 Å². The smallest absolute Gasteiger partial charge is 0.328 e. The zero-order chi connectivity index (χ0) is 12.3. The van der Waals surface area contributed by atoms with Gasteiger partial charge in [0.15, 0.2) is 0 Å². The molecule has 0 radical (unpaired) electrons. The molecule has 17 heavy (non-hydrogen) atoms. The van der Waals surface area contributed by atoms with Gasteiger partial charge in [-0.1, -0.05) is 0 Å². The molecule has 0 aliphatic carbocycles. The summed E-state index contributed by atoms with van der Waals surface area (Å²) in [5, 5.41) is 8.74. The molecule has 1 aliphatic rings. The minimum Gasteiger partial charge on any atom is -0.493 e. The van der Waals surface area contributed by atoms with E-state index in [0.29, 0.717) is 30.0 Å². The molecular weight excluding hydrogens is 222 g/mol. The lowest BCUT2D eigenvalue weighted by Crippen LogP contribution is -2.08. The molecule has 0 amide bonds. The van der Waals surface area contributed by atoms with Crippen molar-refractivity contribution in [1.82, 2.24) is 0 Å². The molecule has 1 aromatic rings. The zero-order valence-electron chi connectivity index (χ0n) is 8.84. The monoisotopic (exact) mass is 231 g/mol. The van der Waals surface area contributed by atoms with Crippen molar-refractivity contribution in [2.75, 3.05) is 6.61 Å². The first-order valence-electron chi connectivity index (χ1n) is 4.99. The molecule has 0 saturated heterocycles. The molecule has 86 valence electrons. The third kappa shape index (κ3) is 2.41. The number of carboxylic acids is 1. The largest absolute Gasteiger partial charge is 0.493 e. The third-order valence-electron chi connectivity index (χ3n) is 2.41. The molecule has 0 spiro atoms. The highest BCUT2D eigenvalue weighted by atomic mass is 16.5. The van der Waals surface area contributed by atoms with Crippen LogP contribution in [0.5, 0.6) is 5.75 Å². The minimum atomic E-state index is -0.983. The minimum absolute atomic E-state index is 0.417. The van der Waals surface area contributed by atoms with Gasteiger partial charge in [0.1, 0.15) is 5.75 Å². The predicted molar refractivity (Wildman–Crippen MR) is 59.9 cm³/mol. The van der Waals surface area contributed by atoms with Crippen LogP contribution in [0.15, 0.2) is 29.3 Å². The number of aliphatic imine (C=N–C) groups is 1. The van der Waals surface area contributed by atoms with Gasteiger partial charge in [0, 0.05) is 24.1 Å². The Balaban J connectivity index is 2.46. The summed E-state index contributed by atoms with van der Waals surface area (Å²) in [5.74, 6) is -0.442. The van der Waals surface area contributed by atoms with Gasteiger partial charge in [0.25, 0.3) is 0 Å². The lowest BCUT2D eigenvalue weighted by Gasteiger charge is -2.19. The van der Waals surface area contributed by atoms with Crippen molar-refractivity contribution in [2.24, 2.45) is 4.99 Å². The van der Waals surface area contributed by atoms with Crippen LogP contribution in [0.3, 0.4) is 0 Å². The Hall–Kier alpha value is -2.39. The number of rotatable bonds is 2. The number of fused-ring (bicyclic) bond motifs is 1. The first-order valence-corrected chi connectivity index (χ1v) is 4.99. The first-order chi connectivity index (χ1) is 8.20. The molecule has 0 atom stereocenters. The molecule has 2 rings (SSSR count). The molecule has 0 aromatic heterocycles. The second-order valence-corrected chi connectivity index (χ2v) is 3.49. The Morgan fingerprint density at radius 3 is 3.06 bits per heavy atom. The van der Waals surface area contributed by atoms with Gasteiger partial charge in [-0.2, -0.15) is 4.99 Å². The van der Waals surface area contributed by atoms with Crippen molar-refractivity contribution in [2.45, 2.75) is 6.42 Å². The van der Waals surface area contributed by atoms with Crippen molar-refractivity contribution >= 4 is 23.3 Å². The molecule has 0 bridgehead atoms.